The standard InChI is InChI=1S/C18H27N5O3/c1-6-7-23-14-13(16(25)21-17(23)26)11(8-12(20-14)10(2)3)15(24)22-18(4,5)9-19/h8,10H,6-7,9,19H2,1-5H3,(H,22,24)(H,21,25,26). The minimum atomic E-state index is -0.630. The third kappa shape index (κ3) is 3.85. The molecule has 0 unspecified atom stereocenters. The maximum atomic E-state index is 12.9. The molecule has 2 rings (SSSR count). The van der Waals surface area contributed by atoms with Crippen LogP contribution in [-0.4, -0.2) is 32.5 Å². The average Bonchev–Trinajstić information content (AvgIpc) is 2.56. The molecule has 0 bridgehead atoms. The smallest absolute Gasteiger partial charge is 0.329 e. The summed E-state index contributed by atoms with van der Waals surface area (Å²) in [5.74, 6) is -0.389. The Bertz CT molecular complexity index is 940. The van der Waals surface area contributed by atoms with Gasteiger partial charge in [0.05, 0.1) is 10.9 Å². The molecule has 0 radical (unpaired) electrons. The number of nitrogens with one attached hydrogen (secondary N) is 2. The molecule has 2 heterocycles. The molecule has 4 N–H and O–H groups in total. The Labute approximate surface area is 151 Å². The van der Waals surface area contributed by atoms with Crippen molar-refractivity contribution in [3.05, 3.63) is 38.2 Å². The number of H-pyrrole nitrogens is 1. The Hall–Kier alpha value is -2.48. The van der Waals surface area contributed by atoms with Gasteiger partial charge in [0.1, 0.15) is 0 Å². The van der Waals surface area contributed by atoms with Crippen molar-refractivity contribution >= 4 is 16.9 Å². The van der Waals surface area contributed by atoms with E-state index >= 15 is 0 Å². The molecule has 2 aromatic heterocycles. The first-order valence-electron chi connectivity index (χ1n) is 8.81. The van der Waals surface area contributed by atoms with Gasteiger partial charge in [-0.15, -0.1) is 0 Å². The lowest BCUT2D eigenvalue weighted by Gasteiger charge is -2.24. The highest BCUT2D eigenvalue weighted by atomic mass is 16.2. The Balaban J connectivity index is 2.84. The van der Waals surface area contributed by atoms with E-state index in [1.165, 1.54) is 4.57 Å². The number of aromatic nitrogens is 3. The van der Waals surface area contributed by atoms with Crippen LogP contribution >= 0.6 is 0 Å². The van der Waals surface area contributed by atoms with Crippen LogP contribution < -0.4 is 22.3 Å². The first-order chi connectivity index (χ1) is 12.1. The fourth-order valence-electron chi connectivity index (χ4n) is 2.63. The second-order valence-electron chi connectivity index (χ2n) is 7.40. The maximum absolute atomic E-state index is 12.9. The fourth-order valence-corrected chi connectivity index (χ4v) is 2.63. The predicted octanol–water partition coefficient (Wildman–Crippen LogP) is 1.09. The number of fused-ring (bicyclic) bond motifs is 1. The fraction of sp³-hybridized carbons (Fsp3) is 0.556. The summed E-state index contributed by atoms with van der Waals surface area (Å²) in [7, 11) is 0. The number of aromatic amines is 1. The molecule has 0 aliphatic heterocycles. The molecule has 8 nitrogen and oxygen atoms in total. The van der Waals surface area contributed by atoms with Gasteiger partial charge in [0.15, 0.2) is 5.65 Å². The lowest BCUT2D eigenvalue weighted by Crippen LogP contribution is -2.49. The number of nitrogens with two attached hydrogens (primary N) is 1. The monoisotopic (exact) mass is 361 g/mol. The Kier molecular flexibility index (Phi) is 5.65. The summed E-state index contributed by atoms with van der Waals surface area (Å²) in [5, 5.41) is 2.96. The highest BCUT2D eigenvalue weighted by molar-refractivity contribution is 6.05. The summed E-state index contributed by atoms with van der Waals surface area (Å²) in [5.41, 5.74) is 5.01. The third-order valence-electron chi connectivity index (χ3n) is 4.21. The molecule has 0 fully saturated rings. The summed E-state index contributed by atoms with van der Waals surface area (Å²) in [6, 6.07) is 1.62. The topological polar surface area (TPSA) is 123 Å². The van der Waals surface area contributed by atoms with Crippen LogP contribution in [0.15, 0.2) is 15.7 Å². The number of carbonyl (C=O) groups excluding carboxylic acids is 1. The molecule has 0 spiro atoms. The molecule has 0 saturated carbocycles. The van der Waals surface area contributed by atoms with Crippen LogP contribution in [-0.2, 0) is 6.54 Å². The van der Waals surface area contributed by atoms with Gasteiger partial charge in [-0.3, -0.25) is 19.1 Å². The normalized spacial score (nSPS) is 12.0. The van der Waals surface area contributed by atoms with Gasteiger partial charge in [0.2, 0.25) is 0 Å². The minimum Gasteiger partial charge on any atom is -0.346 e. The van der Waals surface area contributed by atoms with Crippen molar-refractivity contribution in [1.82, 2.24) is 19.9 Å². The molecule has 142 valence electrons. The molecule has 0 aliphatic carbocycles. The van der Waals surface area contributed by atoms with Crippen molar-refractivity contribution < 1.29 is 4.79 Å². The molecule has 26 heavy (non-hydrogen) atoms. The lowest BCUT2D eigenvalue weighted by atomic mass is 10.0. The van der Waals surface area contributed by atoms with Crippen molar-refractivity contribution in [3.63, 3.8) is 0 Å². The van der Waals surface area contributed by atoms with Crippen LogP contribution in [0.3, 0.4) is 0 Å². The Morgan fingerprint density at radius 3 is 2.58 bits per heavy atom. The second-order valence-corrected chi connectivity index (χ2v) is 7.40. The molecular weight excluding hydrogens is 334 g/mol. The van der Waals surface area contributed by atoms with Crippen LogP contribution in [0.5, 0.6) is 0 Å². The van der Waals surface area contributed by atoms with Gasteiger partial charge in [0.25, 0.3) is 11.5 Å². The van der Waals surface area contributed by atoms with Crippen molar-refractivity contribution in [2.45, 2.75) is 59.0 Å². The van der Waals surface area contributed by atoms with E-state index in [4.69, 9.17) is 5.73 Å². The maximum Gasteiger partial charge on any atom is 0.329 e. The van der Waals surface area contributed by atoms with Gasteiger partial charge in [-0.2, -0.15) is 0 Å². The van der Waals surface area contributed by atoms with Crippen LogP contribution in [0.2, 0.25) is 0 Å². The largest absolute Gasteiger partial charge is 0.346 e. The van der Waals surface area contributed by atoms with E-state index in [1.807, 2.05) is 20.8 Å². The highest BCUT2D eigenvalue weighted by Crippen LogP contribution is 2.20. The first kappa shape index (κ1) is 19.8. The van der Waals surface area contributed by atoms with E-state index in [0.717, 1.165) is 0 Å². The van der Waals surface area contributed by atoms with E-state index in [0.29, 0.717) is 18.7 Å². The van der Waals surface area contributed by atoms with E-state index < -0.39 is 22.7 Å². The minimum absolute atomic E-state index is 0.0259. The summed E-state index contributed by atoms with van der Waals surface area (Å²) in [6.45, 7) is 10.0. The van der Waals surface area contributed by atoms with Crippen LogP contribution in [0.1, 0.15) is 63.0 Å². The van der Waals surface area contributed by atoms with Gasteiger partial charge < -0.3 is 11.1 Å². The molecule has 1 amide bonds. The summed E-state index contributed by atoms with van der Waals surface area (Å²) in [4.78, 5) is 44.4. The van der Waals surface area contributed by atoms with Gasteiger partial charge in [-0.1, -0.05) is 20.8 Å². The molecule has 0 aliphatic rings. The number of rotatable bonds is 6. The number of nitrogens with zero attached hydrogens (tertiary/aromatic N) is 2. The van der Waals surface area contributed by atoms with Crippen LogP contribution in [0, 0.1) is 0 Å². The van der Waals surface area contributed by atoms with Crippen molar-refractivity contribution in [2.24, 2.45) is 5.73 Å². The molecule has 0 atom stereocenters. The quantitative estimate of drug-likeness (QED) is 0.710. The first-order valence-corrected chi connectivity index (χ1v) is 8.81. The third-order valence-corrected chi connectivity index (χ3v) is 4.21. The van der Waals surface area contributed by atoms with Crippen LogP contribution in [0.25, 0.3) is 11.0 Å². The summed E-state index contributed by atoms with van der Waals surface area (Å²) >= 11 is 0. The Morgan fingerprint density at radius 2 is 2.04 bits per heavy atom. The number of hydrogen-bond donors (Lipinski definition) is 3. The Morgan fingerprint density at radius 1 is 1.38 bits per heavy atom. The van der Waals surface area contributed by atoms with Crippen molar-refractivity contribution in [1.29, 1.82) is 0 Å². The number of carbonyl (C=O) groups is 1. The molecular formula is C18H27N5O3. The lowest BCUT2D eigenvalue weighted by molar-refractivity contribution is 0.0917. The second kappa shape index (κ2) is 7.41. The molecule has 8 heteroatoms. The summed E-state index contributed by atoms with van der Waals surface area (Å²) < 4.78 is 1.41. The van der Waals surface area contributed by atoms with Gasteiger partial charge in [0, 0.05) is 24.3 Å². The van der Waals surface area contributed by atoms with E-state index in [2.05, 4.69) is 15.3 Å². The SMILES string of the molecule is CCCn1c(=O)[nH]c(=O)c2c(C(=O)NC(C)(C)CN)cc(C(C)C)nc21. The molecule has 2 aromatic rings. The average molecular weight is 361 g/mol. The van der Waals surface area contributed by atoms with E-state index in [1.54, 1.807) is 19.9 Å². The highest BCUT2D eigenvalue weighted by Gasteiger charge is 2.24. The van der Waals surface area contributed by atoms with E-state index in [9.17, 15) is 14.4 Å². The molecule has 0 saturated heterocycles. The van der Waals surface area contributed by atoms with E-state index in [-0.39, 0.29) is 29.1 Å². The number of amides is 1. The van der Waals surface area contributed by atoms with Crippen LogP contribution in [0.4, 0.5) is 0 Å². The van der Waals surface area contributed by atoms with Gasteiger partial charge in [-0.25, -0.2) is 9.78 Å². The number of pyridine rings is 1. The van der Waals surface area contributed by atoms with Gasteiger partial charge >= 0.3 is 5.69 Å². The zero-order valence-electron chi connectivity index (χ0n) is 16.0. The number of hydrogen-bond acceptors (Lipinski definition) is 5. The van der Waals surface area contributed by atoms with Gasteiger partial charge in [-0.05, 0) is 32.3 Å². The number of aryl methyl sites for hydroxylation is 1. The molecule has 0 aromatic carbocycles. The zero-order chi connectivity index (χ0) is 19.6. The predicted molar refractivity (Wildman–Crippen MR) is 102 cm³/mol. The van der Waals surface area contributed by atoms with Crippen molar-refractivity contribution in [2.75, 3.05) is 6.54 Å². The van der Waals surface area contributed by atoms with Crippen molar-refractivity contribution in [3.8, 4) is 0 Å². The zero-order valence-corrected chi connectivity index (χ0v) is 16.0. The summed E-state index contributed by atoms with van der Waals surface area (Å²) in [6.07, 6.45) is 0.691.